The fourth-order valence-corrected chi connectivity index (χ4v) is 18.7. The zero-order valence-electron chi connectivity index (χ0n) is 19.6. The number of ether oxygens (including phenoxy) is 2. The summed E-state index contributed by atoms with van der Waals surface area (Å²) in [6.07, 6.45) is 3.33. The van der Waals surface area contributed by atoms with Gasteiger partial charge in [0, 0.05) is 0 Å². The maximum absolute atomic E-state index is 13.6. The molecular formula is C21H34F2I2O7S. The van der Waals surface area contributed by atoms with Gasteiger partial charge in [-0.3, -0.25) is 0 Å². The number of alkyl halides is 8. The first kappa shape index (κ1) is 27.8. The summed E-state index contributed by atoms with van der Waals surface area (Å²) in [7, 11) is -5.69. The van der Waals surface area contributed by atoms with Crippen molar-refractivity contribution in [3.63, 3.8) is 0 Å². The molecular weight excluding hydrogens is 688 g/mol. The molecule has 0 saturated heterocycles. The van der Waals surface area contributed by atoms with Gasteiger partial charge < -0.3 is 0 Å². The summed E-state index contributed by atoms with van der Waals surface area (Å²) >= 11 is -2.82. The van der Waals surface area contributed by atoms with Crippen LogP contribution in [-0.4, -0.2) is 69.9 Å². The van der Waals surface area contributed by atoms with Gasteiger partial charge in [-0.05, 0) is 0 Å². The van der Waals surface area contributed by atoms with Gasteiger partial charge in [-0.1, -0.05) is 0 Å². The van der Waals surface area contributed by atoms with Crippen LogP contribution in [0.1, 0.15) is 45.4 Å². The summed E-state index contributed by atoms with van der Waals surface area (Å²) in [5, 5.41) is -4.57. The van der Waals surface area contributed by atoms with Gasteiger partial charge in [0.2, 0.25) is 0 Å². The predicted octanol–water partition coefficient (Wildman–Crippen LogP) is 4.18. The average molecular weight is 722 g/mol. The van der Waals surface area contributed by atoms with Gasteiger partial charge in [-0.15, -0.1) is 0 Å². The van der Waals surface area contributed by atoms with Crippen molar-refractivity contribution < 1.29 is 40.8 Å². The molecule has 0 amide bonds. The Morgan fingerprint density at radius 2 is 1.64 bits per heavy atom. The van der Waals surface area contributed by atoms with E-state index in [0.717, 1.165) is 10.8 Å². The fraction of sp³-hybridized carbons (Fsp3) is 0.905. The third kappa shape index (κ3) is 5.47. The molecule has 4 saturated carbocycles. The van der Waals surface area contributed by atoms with E-state index >= 15 is 0 Å². The Morgan fingerprint density at radius 1 is 1.09 bits per heavy atom. The van der Waals surface area contributed by atoms with Crippen LogP contribution < -0.4 is 0 Å². The molecule has 0 aliphatic heterocycles. The van der Waals surface area contributed by atoms with Crippen molar-refractivity contribution in [1.82, 2.24) is 0 Å². The van der Waals surface area contributed by atoms with E-state index in [0.29, 0.717) is 25.7 Å². The Labute approximate surface area is 209 Å². The van der Waals surface area contributed by atoms with E-state index in [-0.39, 0.29) is 24.2 Å². The summed E-state index contributed by atoms with van der Waals surface area (Å²) in [6, 6.07) is 0. The van der Waals surface area contributed by atoms with Gasteiger partial charge in [-0.25, -0.2) is 0 Å². The third-order valence-corrected chi connectivity index (χ3v) is 18.2. The number of carbonyl (C=O) groups is 2. The predicted molar refractivity (Wildman–Crippen MR) is 138 cm³/mol. The molecule has 4 aliphatic rings. The normalized spacial score (nSPS) is 33.8. The molecule has 0 heterocycles. The molecule has 3 unspecified atom stereocenters. The first-order chi connectivity index (χ1) is 14.9. The maximum atomic E-state index is 13.6. The molecule has 4 aliphatic carbocycles. The summed E-state index contributed by atoms with van der Waals surface area (Å²) in [5.74, 6) is -0.831. The number of rotatable bonds is 9. The van der Waals surface area contributed by atoms with Gasteiger partial charge in [0.25, 0.3) is 0 Å². The van der Waals surface area contributed by atoms with E-state index in [2.05, 4.69) is 19.7 Å². The van der Waals surface area contributed by atoms with E-state index in [1.54, 1.807) is 0 Å². The molecule has 7 nitrogen and oxygen atoms in total. The van der Waals surface area contributed by atoms with Gasteiger partial charge in [0.05, 0.1) is 0 Å². The number of carbonyl (C=O) groups excluding carboxylic acids is 2. The first-order valence-electron chi connectivity index (χ1n) is 10.7. The van der Waals surface area contributed by atoms with Crippen molar-refractivity contribution in [3.05, 3.63) is 0 Å². The average Bonchev–Trinajstić information content (AvgIpc) is 2.62. The standard InChI is InChI=1S/C21H34F2I2O7S/c1-18(25(4)5,12-24(2)3)16(26)32-20-9-14-6-15(10-20)8-19(7-14,11-20)17(27)31-13-21(22,23)33(28,29)30/h14-15H,6-13H2,1-5H3,(H,28,29,30). The number of halogens is 4. The molecule has 0 aromatic carbocycles. The quantitative estimate of drug-likeness (QED) is 0.165. The zero-order valence-corrected chi connectivity index (χ0v) is 24.8. The SMILES string of the molecule is CI(C)CC(C)(C(=O)OC12CC3CC(C1)CC(C(=O)OCC(F)(F)S(=O)(=O)O)(C3)C2)I(C)C. The molecule has 12 heteroatoms. The molecule has 0 radical (unpaired) electrons. The molecule has 4 bridgehead atoms. The van der Waals surface area contributed by atoms with Crippen LogP contribution in [0.5, 0.6) is 0 Å². The monoisotopic (exact) mass is 722 g/mol. The van der Waals surface area contributed by atoms with Crippen molar-refractivity contribution >= 4 is 61.7 Å². The van der Waals surface area contributed by atoms with Crippen molar-refractivity contribution in [2.45, 2.75) is 59.7 Å². The van der Waals surface area contributed by atoms with Crippen LogP contribution >= 0.6 is 39.6 Å². The van der Waals surface area contributed by atoms with Crippen molar-refractivity contribution in [1.29, 1.82) is 0 Å². The van der Waals surface area contributed by atoms with E-state index in [9.17, 15) is 26.8 Å². The molecule has 0 spiro atoms. The Hall–Kier alpha value is 0.170. The van der Waals surface area contributed by atoms with Gasteiger partial charge in [0.1, 0.15) is 0 Å². The van der Waals surface area contributed by atoms with Crippen LogP contribution in [0, 0.1) is 17.3 Å². The molecule has 1 N–H and O–H groups in total. The Balaban J connectivity index is 1.81. The minimum atomic E-state index is -5.69. The Bertz CT molecular complexity index is 894. The topological polar surface area (TPSA) is 107 Å². The second-order valence-electron chi connectivity index (χ2n) is 10.5. The van der Waals surface area contributed by atoms with Crippen molar-refractivity contribution in [3.8, 4) is 0 Å². The van der Waals surface area contributed by atoms with Crippen LogP contribution in [0.15, 0.2) is 0 Å². The van der Waals surface area contributed by atoms with Crippen molar-refractivity contribution in [2.24, 2.45) is 17.3 Å². The first-order valence-corrected chi connectivity index (χ1v) is 23.3. The van der Waals surface area contributed by atoms with Gasteiger partial charge >= 0.3 is 210 Å². The molecule has 4 rings (SSSR count). The molecule has 33 heavy (non-hydrogen) atoms. The summed E-state index contributed by atoms with van der Waals surface area (Å²) in [6.45, 7) is 0.283. The van der Waals surface area contributed by atoms with E-state index in [4.69, 9.17) is 14.0 Å². The number of hydrogen-bond donors (Lipinski definition) is 1. The molecule has 0 aromatic heterocycles. The van der Waals surface area contributed by atoms with Gasteiger partial charge in [0.15, 0.2) is 0 Å². The van der Waals surface area contributed by atoms with Gasteiger partial charge in [-0.2, -0.15) is 0 Å². The summed E-state index contributed by atoms with van der Waals surface area (Å²) < 4.78 is 69.2. The van der Waals surface area contributed by atoms with Crippen LogP contribution in [0.4, 0.5) is 8.78 Å². The third-order valence-electron chi connectivity index (χ3n) is 7.28. The second kappa shape index (κ2) is 9.24. The Kier molecular flexibility index (Phi) is 7.77. The zero-order chi connectivity index (χ0) is 25.0. The molecule has 194 valence electrons. The van der Waals surface area contributed by atoms with Crippen LogP contribution in [0.2, 0.25) is 0 Å². The Morgan fingerprint density at radius 3 is 2.09 bits per heavy atom. The van der Waals surface area contributed by atoms with E-state index in [1.165, 1.54) is 0 Å². The minimum absolute atomic E-state index is 0.124. The van der Waals surface area contributed by atoms with Crippen LogP contribution in [0.3, 0.4) is 0 Å². The van der Waals surface area contributed by atoms with E-state index in [1.807, 2.05) is 6.92 Å². The molecule has 4 fully saturated rings. The molecule has 3 atom stereocenters. The number of hydrogen-bond acceptors (Lipinski definition) is 6. The van der Waals surface area contributed by atoms with Crippen LogP contribution in [0.25, 0.3) is 0 Å². The summed E-state index contributed by atoms with van der Waals surface area (Å²) in [5.41, 5.74) is -1.87. The van der Waals surface area contributed by atoms with E-state index < -0.39 is 82.0 Å². The van der Waals surface area contributed by atoms with Crippen LogP contribution in [-0.2, 0) is 29.2 Å². The van der Waals surface area contributed by atoms with Crippen molar-refractivity contribution in [2.75, 3.05) is 30.8 Å². The fourth-order valence-electron chi connectivity index (χ4n) is 6.03. The number of esters is 2. The molecule has 0 aromatic rings. The summed E-state index contributed by atoms with van der Waals surface area (Å²) in [4.78, 5) is 35.3. The second-order valence-corrected chi connectivity index (χ2v) is 24.7.